The number of nitrogens with one attached hydrogen (secondary N) is 1. The van der Waals surface area contributed by atoms with Gasteiger partial charge in [0, 0.05) is 64.0 Å². The van der Waals surface area contributed by atoms with E-state index in [0.717, 1.165) is 56.2 Å². The van der Waals surface area contributed by atoms with Crippen molar-refractivity contribution in [2.75, 3.05) is 66.7 Å². The molecule has 1 heterocycles. The van der Waals surface area contributed by atoms with Gasteiger partial charge in [0.05, 0.1) is 13.2 Å². The number of rotatable bonds is 9. The van der Waals surface area contributed by atoms with Gasteiger partial charge in [-0.1, -0.05) is 28.1 Å². The van der Waals surface area contributed by atoms with E-state index in [-0.39, 0.29) is 24.0 Å². The number of nitrogens with zero attached hydrogens (tertiary/aromatic N) is 3. The first kappa shape index (κ1) is 25.6. The van der Waals surface area contributed by atoms with Gasteiger partial charge in [0.2, 0.25) is 0 Å². The number of methoxy groups -OCH3 is 1. The maximum Gasteiger partial charge on any atom is 0.193 e. The Morgan fingerprint density at radius 3 is 2.43 bits per heavy atom. The van der Waals surface area contributed by atoms with Crippen molar-refractivity contribution in [2.45, 2.75) is 19.4 Å². The number of piperazine rings is 1. The molecule has 28 heavy (non-hydrogen) atoms. The van der Waals surface area contributed by atoms with Crippen LogP contribution in [0.3, 0.4) is 0 Å². The molecule has 0 radical (unpaired) electrons. The molecule has 1 aliphatic rings. The van der Waals surface area contributed by atoms with Gasteiger partial charge in [-0.2, -0.15) is 0 Å². The Balaban J connectivity index is 0.00000392. The first-order valence-electron chi connectivity index (χ1n) is 9.67. The highest BCUT2D eigenvalue weighted by Gasteiger charge is 2.23. The monoisotopic (exact) mass is 568 g/mol. The Bertz CT molecular complexity index is 566. The van der Waals surface area contributed by atoms with Crippen molar-refractivity contribution in [1.29, 1.82) is 0 Å². The van der Waals surface area contributed by atoms with Gasteiger partial charge in [-0.15, -0.1) is 24.0 Å². The van der Waals surface area contributed by atoms with E-state index in [4.69, 9.17) is 9.47 Å². The Labute approximate surface area is 195 Å². The molecule has 8 heteroatoms. The average Bonchev–Trinajstić information content (AvgIpc) is 2.70. The zero-order valence-electron chi connectivity index (χ0n) is 17.2. The van der Waals surface area contributed by atoms with Gasteiger partial charge >= 0.3 is 0 Å². The lowest BCUT2D eigenvalue weighted by Gasteiger charge is -2.39. The van der Waals surface area contributed by atoms with Crippen LogP contribution in [-0.2, 0) is 9.47 Å². The van der Waals surface area contributed by atoms with E-state index in [2.05, 4.69) is 67.2 Å². The van der Waals surface area contributed by atoms with E-state index in [1.54, 1.807) is 7.11 Å². The van der Waals surface area contributed by atoms with Crippen molar-refractivity contribution >= 4 is 45.9 Å². The Hall–Kier alpha value is -0.420. The third-order valence-electron chi connectivity index (χ3n) is 4.91. The van der Waals surface area contributed by atoms with E-state index in [9.17, 15) is 0 Å². The van der Waals surface area contributed by atoms with Crippen molar-refractivity contribution in [1.82, 2.24) is 15.1 Å². The standard InChI is InChI=1S/C20H33BrN4O2.HI/c1-17(18-5-7-19(21)8-6-18)24-10-12-25(13-11-24)20(22-2)23-9-4-14-27-16-15-26-3;/h5-8,17H,4,9-16H2,1-3H3,(H,22,23);1H. The lowest BCUT2D eigenvalue weighted by atomic mass is 10.1. The molecule has 0 aromatic heterocycles. The Morgan fingerprint density at radius 1 is 1.14 bits per heavy atom. The number of halogens is 2. The van der Waals surface area contributed by atoms with E-state index in [1.807, 2.05) is 7.05 Å². The molecule has 1 aromatic carbocycles. The van der Waals surface area contributed by atoms with Crippen LogP contribution in [0.5, 0.6) is 0 Å². The smallest absolute Gasteiger partial charge is 0.193 e. The van der Waals surface area contributed by atoms with E-state index >= 15 is 0 Å². The molecule has 1 aliphatic heterocycles. The van der Waals surface area contributed by atoms with Crippen LogP contribution in [0.15, 0.2) is 33.7 Å². The van der Waals surface area contributed by atoms with Crippen molar-refractivity contribution < 1.29 is 9.47 Å². The number of ether oxygens (including phenoxy) is 2. The summed E-state index contributed by atoms with van der Waals surface area (Å²) in [6.45, 7) is 9.27. The van der Waals surface area contributed by atoms with Crippen LogP contribution in [0.4, 0.5) is 0 Å². The fourth-order valence-electron chi connectivity index (χ4n) is 3.22. The molecule has 1 unspecified atom stereocenters. The summed E-state index contributed by atoms with van der Waals surface area (Å²) in [6.07, 6.45) is 0.962. The second kappa shape index (κ2) is 14.5. The maximum atomic E-state index is 5.50. The van der Waals surface area contributed by atoms with Crippen LogP contribution in [-0.4, -0.2) is 82.5 Å². The maximum absolute atomic E-state index is 5.50. The van der Waals surface area contributed by atoms with Crippen LogP contribution in [0.1, 0.15) is 24.9 Å². The fraction of sp³-hybridized carbons (Fsp3) is 0.650. The van der Waals surface area contributed by atoms with Crippen LogP contribution in [0.25, 0.3) is 0 Å². The molecule has 2 rings (SSSR count). The number of aliphatic imine (C=N–C) groups is 1. The third-order valence-corrected chi connectivity index (χ3v) is 5.43. The topological polar surface area (TPSA) is 49.3 Å². The summed E-state index contributed by atoms with van der Waals surface area (Å²) in [4.78, 5) is 9.33. The van der Waals surface area contributed by atoms with Gasteiger partial charge in [-0.3, -0.25) is 9.89 Å². The fourth-order valence-corrected chi connectivity index (χ4v) is 3.49. The Kier molecular flexibility index (Phi) is 13.3. The molecule has 6 nitrogen and oxygen atoms in total. The summed E-state index contributed by atoms with van der Waals surface area (Å²) in [7, 11) is 3.54. The summed E-state index contributed by atoms with van der Waals surface area (Å²) in [5.74, 6) is 0.989. The van der Waals surface area contributed by atoms with Gasteiger partial charge in [0.25, 0.3) is 0 Å². The molecule has 0 spiro atoms. The number of guanidine groups is 1. The molecule has 1 saturated heterocycles. The van der Waals surface area contributed by atoms with Crippen molar-refractivity contribution in [2.24, 2.45) is 4.99 Å². The zero-order chi connectivity index (χ0) is 19.5. The van der Waals surface area contributed by atoms with Gasteiger partial charge in [0.1, 0.15) is 0 Å². The van der Waals surface area contributed by atoms with Crippen molar-refractivity contribution in [3.63, 3.8) is 0 Å². The van der Waals surface area contributed by atoms with Crippen LogP contribution >= 0.6 is 39.9 Å². The number of benzene rings is 1. The molecular weight excluding hydrogens is 535 g/mol. The highest BCUT2D eigenvalue weighted by atomic mass is 127. The summed E-state index contributed by atoms with van der Waals surface area (Å²) >= 11 is 3.51. The van der Waals surface area contributed by atoms with Crippen LogP contribution in [0.2, 0.25) is 0 Å². The summed E-state index contributed by atoms with van der Waals surface area (Å²) in [6, 6.07) is 9.08. The first-order chi connectivity index (χ1) is 13.2. The number of hydrogen-bond donors (Lipinski definition) is 1. The van der Waals surface area contributed by atoms with Gasteiger partial charge in [-0.25, -0.2) is 0 Å². The molecule has 160 valence electrons. The molecule has 0 bridgehead atoms. The van der Waals surface area contributed by atoms with Crippen LogP contribution < -0.4 is 5.32 Å². The normalized spacial score (nSPS) is 16.6. The molecular formula is C20H34BrIN4O2. The second-order valence-corrected chi connectivity index (χ2v) is 7.60. The lowest BCUT2D eigenvalue weighted by Crippen LogP contribution is -2.53. The molecule has 1 aromatic rings. The number of hydrogen-bond acceptors (Lipinski definition) is 4. The first-order valence-corrected chi connectivity index (χ1v) is 10.5. The molecule has 1 N–H and O–H groups in total. The minimum atomic E-state index is 0. The summed E-state index contributed by atoms with van der Waals surface area (Å²) < 4.78 is 11.6. The minimum Gasteiger partial charge on any atom is -0.382 e. The molecule has 0 saturated carbocycles. The average molecular weight is 569 g/mol. The molecule has 1 fully saturated rings. The largest absolute Gasteiger partial charge is 0.382 e. The van der Waals surface area contributed by atoms with Crippen LogP contribution in [0, 0.1) is 0 Å². The predicted molar refractivity (Wildman–Crippen MR) is 130 cm³/mol. The molecule has 0 amide bonds. The van der Waals surface area contributed by atoms with E-state index in [1.165, 1.54) is 5.56 Å². The third kappa shape index (κ3) is 8.52. The Morgan fingerprint density at radius 2 is 1.82 bits per heavy atom. The molecule has 1 atom stereocenters. The summed E-state index contributed by atoms with van der Waals surface area (Å²) in [5.41, 5.74) is 1.36. The molecule has 0 aliphatic carbocycles. The highest BCUT2D eigenvalue weighted by Crippen LogP contribution is 2.23. The summed E-state index contributed by atoms with van der Waals surface area (Å²) in [5, 5.41) is 3.45. The zero-order valence-corrected chi connectivity index (χ0v) is 21.1. The van der Waals surface area contributed by atoms with E-state index in [0.29, 0.717) is 19.3 Å². The lowest BCUT2D eigenvalue weighted by molar-refractivity contribution is 0.0697. The highest BCUT2D eigenvalue weighted by molar-refractivity contribution is 14.0. The van der Waals surface area contributed by atoms with Gasteiger partial charge < -0.3 is 19.7 Å². The minimum absolute atomic E-state index is 0. The quantitative estimate of drug-likeness (QED) is 0.214. The predicted octanol–water partition coefficient (Wildman–Crippen LogP) is 3.37. The van der Waals surface area contributed by atoms with Crippen molar-refractivity contribution in [3.8, 4) is 0 Å². The van der Waals surface area contributed by atoms with E-state index < -0.39 is 0 Å². The van der Waals surface area contributed by atoms with Crippen molar-refractivity contribution in [3.05, 3.63) is 34.3 Å². The second-order valence-electron chi connectivity index (χ2n) is 6.68. The van der Waals surface area contributed by atoms with Gasteiger partial charge in [0.15, 0.2) is 5.96 Å². The van der Waals surface area contributed by atoms with Gasteiger partial charge in [-0.05, 0) is 31.0 Å². The SMILES string of the molecule is CN=C(NCCCOCCOC)N1CCN(C(C)c2ccc(Br)cc2)CC1.I.